The van der Waals surface area contributed by atoms with E-state index in [9.17, 15) is 18.0 Å². The van der Waals surface area contributed by atoms with Gasteiger partial charge in [-0.05, 0) is 25.5 Å². The molecule has 2 unspecified atom stereocenters. The number of nitrogens with one attached hydrogen (secondary N) is 1. The van der Waals surface area contributed by atoms with Gasteiger partial charge in [-0.25, -0.2) is 8.42 Å². The predicted molar refractivity (Wildman–Crippen MR) is 75.2 cm³/mol. The largest absolute Gasteiger partial charge is 0.480 e. The third kappa shape index (κ3) is 3.57. The van der Waals surface area contributed by atoms with Crippen LogP contribution in [0.4, 0.5) is 5.69 Å². The van der Waals surface area contributed by atoms with Gasteiger partial charge >= 0.3 is 5.97 Å². The van der Waals surface area contributed by atoms with Crippen molar-refractivity contribution in [2.75, 3.05) is 5.32 Å². The number of rotatable bonds is 6. The molecule has 1 aromatic rings. The summed E-state index contributed by atoms with van der Waals surface area (Å²) in [6.07, 6.45) is -0.0827. The zero-order valence-corrected chi connectivity index (χ0v) is 12.1. The van der Waals surface area contributed by atoms with Crippen molar-refractivity contribution in [2.45, 2.75) is 30.8 Å². The maximum absolute atomic E-state index is 12.1. The van der Waals surface area contributed by atoms with E-state index in [1.807, 2.05) is 0 Å². The summed E-state index contributed by atoms with van der Waals surface area (Å²) < 4.78 is 24.2. The molecule has 0 saturated heterocycles. The number of benzene rings is 1. The van der Waals surface area contributed by atoms with E-state index in [4.69, 9.17) is 5.11 Å². The molecular formula is C13H17NO5S. The first kappa shape index (κ1) is 16.2. The molecule has 7 heteroatoms. The number of carboxylic acids is 1. The molecule has 0 bridgehead atoms. The second kappa shape index (κ2) is 6.51. The van der Waals surface area contributed by atoms with Crippen LogP contribution in [-0.2, 0) is 19.4 Å². The van der Waals surface area contributed by atoms with Crippen LogP contribution in [0.5, 0.6) is 0 Å². The van der Waals surface area contributed by atoms with Gasteiger partial charge in [0.15, 0.2) is 15.1 Å². The summed E-state index contributed by atoms with van der Waals surface area (Å²) in [5.41, 5.74) is 0.461. The van der Waals surface area contributed by atoms with E-state index >= 15 is 0 Å². The minimum Gasteiger partial charge on any atom is -0.480 e. The summed E-state index contributed by atoms with van der Waals surface area (Å²) in [7, 11) is -4.08. The van der Waals surface area contributed by atoms with Gasteiger partial charge in [-0.3, -0.25) is 9.59 Å². The summed E-state index contributed by atoms with van der Waals surface area (Å²) in [6, 6.07) is 8.38. The highest BCUT2D eigenvalue weighted by atomic mass is 32.2. The van der Waals surface area contributed by atoms with Gasteiger partial charge in [0, 0.05) is 5.69 Å². The number of hydrogen-bond acceptors (Lipinski definition) is 4. The van der Waals surface area contributed by atoms with Crippen molar-refractivity contribution in [1.29, 1.82) is 0 Å². The van der Waals surface area contributed by atoms with Crippen molar-refractivity contribution in [3.63, 3.8) is 0 Å². The van der Waals surface area contributed by atoms with Crippen molar-refractivity contribution >= 4 is 27.4 Å². The van der Waals surface area contributed by atoms with Gasteiger partial charge in [-0.1, -0.05) is 25.1 Å². The number of carbonyl (C=O) groups excluding carboxylic acids is 1. The lowest BCUT2D eigenvalue weighted by Crippen LogP contribution is -2.42. The normalized spacial score (nSPS) is 14.3. The van der Waals surface area contributed by atoms with Gasteiger partial charge in [-0.2, -0.15) is 0 Å². The third-order valence-electron chi connectivity index (χ3n) is 2.95. The van der Waals surface area contributed by atoms with Crippen LogP contribution in [0.25, 0.3) is 0 Å². The summed E-state index contributed by atoms with van der Waals surface area (Å²) in [5, 5.41) is 8.38. The Morgan fingerprint density at radius 1 is 1.25 bits per heavy atom. The molecule has 2 atom stereocenters. The number of sulfone groups is 1. The van der Waals surface area contributed by atoms with Gasteiger partial charge in [0.2, 0.25) is 5.91 Å². The third-order valence-corrected chi connectivity index (χ3v) is 5.47. The summed E-state index contributed by atoms with van der Waals surface area (Å²) >= 11 is 0. The Kier molecular flexibility index (Phi) is 5.26. The van der Waals surface area contributed by atoms with Crippen LogP contribution in [-0.4, -0.2) is 35.9 Å². The molecule has 0 spiro atoms. The zero-order valence-electron chi connectivity index (χ0n) is 11.2. The van der Waals surface area contributed by atoms with Gasteiger partial charge < -0.3 is 10.4 Å². The molecule has 1 aromatic carbocycles. The van der Waals surface area contributed by atoms with E-state index in [0.29, 0.717) is 5.69 Å². The first-order valence-corrected chi connectivity index (χ1v) is 7.73. The molecule has 110 valence electrons. The van der Waals surface area contributed by atoms with E-state index in [1.165, 1.54) is 13.8 Å². The topological polar surface area (TPSA) is 101 Å². The maximum Gasteiger partial charge on any atom is 0.321 e. The predicted octanol–water partition coefficient (Wildman–Crippen LogP) is 1.29. The molecule has 0 aliphatic heterocycles. The molecule has 1 amide bonds. The Hall–Kier alpha value is -1.89. The standard InChI is InChI=1S/C13H17NO5S/c1-3-11(13(16)17)20(18,19)9(2)12(15)14-10-7-5-4-6-8-10/h4-9,11H,3H2,1-2H3,(H,14,15)(H,16,17). The molecule has 0 fully saturated rings. The molecule has 0 aromatic heterocycles. The van der Waals surface area contributed by atoms with E-state index in [-0.39, 0.29) is 6.42 Å². The molecule has 6 nitrogen and oxygen atoms in total. The Morgan fingerprint density at radius 2 is 1.80 bits per heavy atom. The first-order valence-electron chi connectivity index (χ1n) is 6.12. The lowest BCUT2D eigenvalue weighted by atomic mass is 10.3. The Labute approximate surface area is 117 Å². The fourth-order valence-corrected chi connectivity index (χ4v) is 3.30. The lowest BCUT2D eigenvalue weighted by Gasteiger charge is -2.17. The average molecular weight is 299 g/mol. The molecule has 1 rings (SSSR count). The second-order valence-corrected chi connectivity index (χ2v) is 6.78. The first-order chi connectivity index (χ1) is 9.30. The smallest absolute Gasteiger partial charge is 0.321 e. The summed E-state index contributed by atoms with van der Waals surface area (Å²) in [6.45, 7) is 2.65. The van der Waals surface area contributed by atoms with E-state index in [2.05, 4.69) is 5.32 Å². The molecule has 0 radical (unpaired) electrons. The van der Waals surface area contributed by atoms with Gasteiger partial charge in [0.05, 0.1) is 0 Å². The average Bonchev–Trinajstić information content (AvgIpc) is 2.38. The zero-order chi connectivity index (χ0) is 15.3. The van der Waals surface area contributed by atoms with E-state index < -0.39 is 32.2 Å². The number of carbonyl (C=O) groups is 2. The minimum atomic E-state index is -4.08. The van der Waals surface area contributed by atoms with Crippen LogP contribution in [0, 0.1) is 0 Å². The van der Waals surface area contributed by atoms with Gasteiger partial charge in [-0.15, -0.1) is 0 Å². The van der Waals surface area contributed by atoms with Crippen LogP contribution in [0.1, 0.15) is 20.3 Å². The monoisotopic (exact) mass is 299 g/mol. The summed E-state index contributed by atoms with van der Waals surface area (Å²) in [4.78, 5) is 22.9. The van der Waals surface area contributed by atoms with Crippen molar-refractivity contribution in [2.24, 2.45) is 0 Å². The van der Waals surface area contributed by atoms with Crippen molar-refractivity contribution < 1.29 is 23.1 Å². The number of para-hydroxylation sites is 1. The quantitative estimate of drug-likeness (QED) is 0.824. The summed E-state index contributed by atoms with van der Waals surface area (Å²) in [5.74, 6) is -2.18. The second-order valence-electron chi connectivity index (χ2n) is 4.32. The van der Waals surface area contributed by atoms with Crippen LogP contribution in [0.15, 0.2) is 30.3 Å². The molecule has 0 heterocycles. The van der Waals surface area contributed by atoms with Crippen molar-refractivity contribution in [3.05, 3.63) is 30.3 Å². The number of carboxylic acid groups (broad SMARTS) is 1. The fourth-order valence-electron chi connectivity index (χ4n) is 1.71. The minimum absolute atomic E-state index is 0.0827. The lowest BCUT2D eigenvalue weighted by molar-refractivity contribution is -0.136. The van der Waals surface area contributed by atoms with Gasteiger partial charge in [0.1, 0.15) is 5.25 Å². The molecule has 20 heavy (non-hydrogen) atoms. The van der Waals surface area contributed by atoms with Crippen LogP contribution in [0.3, 0.4) is 0 Å². The Morgan fingerprint density at radius 3 is 2.25 bits per heavy atom. The molecular weight excluding hydrogens is 282 g/mol. The molecule has 0 aliphatic carbocycles. The number of anilines is 1. The van der Waals surface area contributed by atoms with Crippen LogP contribution >= 0.6 is 0 Å². The number of aliphatic carboxylic acids is 1. The fraction of sp³-hybridized carbons (Fsp3) is 0.385. The highest BCUT2D eigenvalue weighted by Gasteiger charge is 2.39. The Bertz CT molecular complexity index is 582. The molecule has 2 N–H and O–H groups in total. The van der Waals surface area contributed by atoms with Crippen LogP contribution < -0.4 is 5.32 Å². The van der Waals surface area contributed by atoms with Crippen molar-refractivity contribution in [1.82, 2.24) is 0 Å². The van der Waals surface area contributed by atoms with E-state index in [0.717, 1.165) is 0 Å². The molecule has 0 saturated carbocycles. The highest BCUT2D eigenvalue weighted by molar-refractivity contribution is 7.94. The Balaban J connectivity index is 2.91. The van der Waals surface area contributed by atoms with Gasteiger partial charge in [0.25, 0.3) is 0 Å². The van der Waals surface area contributed by atoms with Crippen molar-refractivity contribution in [3.8, 4) is 0 Å². The van der Waals surface area contributed by atoms with E-state index in [1.54, 1.807) is 30.3 Å². The molecule has 0 aliphatic rings. The maximum atomic E-state index is 12.1. The SMILES string of the molecule is CCC(C(=O)O)S(=O)(=O)C(C)C(=O)Nc1ccccc1. The number of amides is 1. The number of hydrogen-bond donors (Lipinski definition) is 2. The van der Waals surface area contributed by atoms with Crippen LogP contribution in [0.2, 0.25) is 0 Å². The highest BCUT2D eigenvalue weighted by Crippen LogP contribution is 2.16.